The smallest absolute Gasteiger partial charge is 0.255 e. The molecular formula is C17H15BrCl2N2. The molecule has 2 aromatic carbocycles. The van der Waals surface area contributed by atoms with E-state index in [9.17, 15) is 0 Å². The summed E-state index contributed by atoms with van der Waals surface area (Å²) in [5.41, 5.74) is 2.39. The summed E-state index contributed by atoms with van der Waals surface area (Å²) in [5.74, 6) is 0. The van der Waals surface area contributed by atoms with Gasteiger partial charge in [-0.2, -0.15) is 0 Å². The van der Waals surface area contributed by atoms with Crippen molar-refractivity contribution in [3.63, 3.8) is 0 Å². The van der Waals surface area contributed by atoms with Gasteiger partial charge in [0, 0.05) is 0 Å². The Balaban J connectivity index is 0.00000176. The molecule has 0 amide bonds. The molecular weight excluding hydrogens is 383 g/mol. The topological polar surface area (TPSA) is 8.81 Å². The standard InChI is InChI=1S/C17H15Cl2N2.BrH/c18-16-17(19)21(12-15-9-5-2-6-10-15)13-20(16)11-14-7-3-1-4-8-14;/h1-10,13H,11-12H2;1H/q+1;/p-1. The highest BCUT2D eigenvalue weighted by atomic mass is 79.9. The summed E-state index contributed by atoms with van der Waals surface area (Å²) in [6.07, 6.45) is 1.96. The monoisotopic (exact) mass is 396 g/mol. The number of halogens is 3. The van der Waals surface area contributed by atoms with E-state index in [2.05, 4.69) is 24.3 Å². The second-order valence-corrected chi connectivity index (χ2v) is 5.64. The van der Waals surface area contributed by atoms with Gasteiger partial charge in [-0.3, -0.25) is 0 Å². The number of rotatable bonds is 4. The molecule has 0 N–H and O–H groups in total. The van der Waals surface area contributed by atoms with E-state index in [0.717, 1.165) is 0 Å². The second kappa shape index (κ2) is 7.82. The summed E-state index contributed by atoms with van der Waals surface area (Å²) < 4.78 is 3.92. The number of hydrogen-bond donors (Lipinski definition) is 0. The zero-order valence-electron chi connectivity index (χ0n) is 11.8. The van der Waals surface area contributed by atoms with E-state index >= 15 is 0 Å². The predicted octanol–water partition coefficient (Wildman–Crippen LogP) is 1.18. The lowest BCUT2D eigenvalue weighted by molar-refractivity contribution is -0.685. The average Bonchev–Trinajstić information content (AvgIpc) is 2.78. The van der Waals surface area contributed by atoms with Gasteiger partial charge in [0.1, 0.15) is 13.1 Å². The van der Waals surface area contributed by atoms with Crippen molar-refractivity contribution in [2.24, 2.45) is 0 Å². The van der Waals surface area contributed by atoms with E-state index < -0.39 is 0 Å². The molecule has 22 heavy (non-hydrogen) atoms. The van der Waals surface area contributed by atoms with Crippen molar-refractivity contribution >= 4 is 23.2 Å². The Morgan fingerprint density at radius 2 is 1.36 bits per heavy atom. The maximum atomic E-state index is 6.34. The van der Waals surface area contributed by atoms with Gasteiger partial charge in [0.05, 0.1) is 0 Å². The summed E-state index contributed by atoms with van der Waals surface area (Å²) in [4.78, 5) is 0. The Labute approximate surface area is 150 Å². The van der Waals surface area contributed by atoms with Gasteiger partial charge in [0.2, 0.25) is 6.33 Å². The van der Waals surface area contributed by atoms with Crippen LogP contribution in [0.3, 0.4) is 0 Å². The third-order valence-corrected chi connectivity index (χ3v) is 4.23. The first-order chi connectivity index (χ1) is 10.2. The third kappa shape index (κ3) is 3.92. The van der Waals surface area contributed by atoms with Crippen molar-refractivity contribution in [1.29, 1.82) is 0 Å². The number of hydrogen-bond acceptors (Lipinski definition) is 0. The van der Waals surface area contributed by atoms with Crippen LogP contribution in [-0.2, 0) is 13.1 Å². The summed E-state index contributed by atoms with van der Waals surface area (Å²) in [6.45, 7) is 1.42. The molecule has 1 aromatic heterocycles. The summed E-state index contributed by atoms with van der Waals surface area (Å²) >= 11 is 12.7. The van der Waals surface area contributed by atoms with Gasteiger partial charge < -0.3 is 17.0 Å². The molecule has 0 unspecified atom stereocenters. The normalized spacial score (nSPS) is 10.3. The Morgan fingerprint density at radius 3 is 1.95 bits per heavy atom. The highest BCUT2D eigenvalue weighted by molar-refractivity contribution is 6.39. The third-order valence-electron chi connectivity index (χ3n) is 3.34. The Bertz CT molecular complexity index is 665. The fourth-order valence-corrected chi connectivity index (χ4v) is 2.71. The Hall–Kier alpha value is -1.29. The number of imidazole rings is 1. The van der Waals surface area contributed by atoms with Crippen LogP contribution in [0.2, 0.25) is 10.3 Å². The molecule has 2 nitrogen and oxygen atoms in total. The van der Waals surface area contributed by atoms with Crippen molar-refractivity contribution in [1.82, 2.24) is 4.57 Å². The summed E-state index contributed by atoms with van der Waals surface area (Å²) in [6, 6.07) is 20.4. The second-order valence-electron chi connectivity index (χ2n) is 4.92. The molecule has 0 atom stereocenters. The number of benzene rings is 2. The first kappa shape index (κ1) is 17.1. The Morgan fingerprint density at radius 1 is 0.818 bits per heavy atom. The maximum Gasteiger partial charge on any atom is 0.255 e. The minimum atomic E-state index is 0. The molecule has 0 bridgehead atoms. The van der Waals surface area contributed by atoms with E-state index in [1.54, 1.807) is 0 Å². The first-order valence-electron chi connectivity index (χ1n) is 6.75. The van der Waals surface area contributed by atoms with Gasteiger partial charge in [-0.25, -0.2) is 9.13 Å². The SMILES string of the molecule is Clc1c(Cl)[n+](Cc2ccccc2)cn1Cc1ccccc1.[Br-]. The van der Waals surface area contributed by atoms with Crippen molar-refractivity contribution in [2.45, 2.75) is 13.1 Å². The maximum absolute atomic E-state index is 6.34. The molecule has 0 fully saturated rings. The minimum Gasteiger partial charge on any atom is -1.00 e. The van der Waals surface area contributed by atoms with Gasteiger partial charge in [-0.05, 0) is 34.3 Å². The van der Waals surface area contributed by atoms with Crippen LogP contribution in [0.1, 0.15) is 11.1 Å². The average molecular weight is 398 g/mol. The van der Waals surface area contributed by atoms with Crippen LogP contribution in [0.15, 0.2) is 67.0 Å². The van der Waals surface area contributed by atoms with Crippen LogP contribution in [0, 0.1) is 0 Å². The molecule has 0 radical (unpaired) electrons. The zero-order chi connectivity index (χ0) is 14.7. The largest absolute Gasteiger partial charge is 1.00 e. The quantitative estimate of drug-likeness (QED) is 0.584. The molecule has 1 heterocycles. The van der Waals surface area contributed by atoms with Gasteiger partial charge >= 0.3 is 0 Å². The lowest BCUT2D eigenvalue weighted by atomic mass is 10.2. The van der Waals surface area contributed by atoms with E-state index in [-0.39, 0.29) is 17.0 Å². The molecule has 0 aliphatic carbocycles. The predicted molar refractivity (Wildman–Crippen MR) is 85.7 cm³/mol. The Kier molecular flexibility index (Phi) is 6.07. The molecule has 3 rings (SSSR count). The lowest BCUT2D eigenvalue weighted by Gasteiger charge is -1.98. The highest BCUT2D eigenvalue weighted by Crippen LogP contribution is 2.20. The van der Waals surface area contributed by atoms with Crippen LogP contribution in [0.5, 0.6) is 0 Å². The van der Waals surface area contributed by atoms with Crippen LogP contribution in [0.25, 0.3) is 0 Å². The molecule has 0 spiro atoms. The number of aromatic nitrogens is 2. The van der Waals surface area contributed by atoms with E-state index in [4.69, 9.17) is 23.2 Å². The van der Waals surface area contributed by atoms with Gasteiger partial charge in [0.15, 0.2) is 0 Å². The van der Waals surface area contributed by atoms with Crippen LogP contribution >= 0.6 is 23.2 Å². The molecule has 114 valence electrons. The molecule has 0 saturated carbocycles. The van der Waals surface area contributed by atoms with E-state index in [1.807, 2.05) is 51.9 Å². The van der Waals surface area contributed by atoms with Crippen molar-refractivity contribution < 1.29 is 21.5 Å². The van der Waals surface area contributed by atoms with Gasteiger partial charge in [0.25, 0.3) is 10.3 Å². The minimum absolute atomic E-state index is 0. The van der Waals surface area contributed by atoms with Crippen molar-refractivity contribution in [3.8, 4) is 0 Å². The molecule has 0 aliphatic rings. The van der Waals surface area contributed by atoms with Gasteiger partial charge in [-0.15, -0.1) is 0 Å². The van der Waals surface area contributed by atoms with Crippen LogP contribution in [-0.4, -0.2) is 4.57 Å². The highest BCUT2D eigenvalue weighted by Gasteiger charge is 2.20. The number of nitrogens with zero attached hydrogens (tertiary/aromatic N) is 2. The molecule has 3 aromatic rings. The summed E-state index contributed by atoms with van der Waals surface area (Å²) in [7, 11) is 0. The van der Waals surface area contributed by atoms with Gasteiger partial charge in [-0.1, -0.05) is 60.7 Å². The molecule has 0 saturated heterocycles. The van der Waals surface area contributed by atoms with E-state index in [0.29, 0.717) is 23.4 Å². The van der Waals surface area contributed by atoms with Crippen LogP contribution < -0.4 is 21.5 Å². The fourth-order valence-electron chi connectivity index (χ4n) is 2.29. The molecule has 0 aliphatic heterocycles. The first-order valence-corrected chi connectivity index (χ1v) is 7.51. The molecule has 5 heteroatoms. The van der Waals surface area contributed by atoms with Crippen LogP contribution in [0.4, 0.5) is 0 Å². The fraction of sp³-hybridized carbons (Fsp3) is 0.118. The summed E-state index contributed by atoms with van der Waals surface area (Å²) in [5, 5.41) is 1.13. The van der Waals surface area contributed by atoms with Crippen molar-refractivity contribution in [3.05, 3.63) is 88.4 Å². The lowest BCUT2D eigenvalue weighted by Crippen LogP contribution is -3.00. The van der Waals surface area contributed by atoms with E-state index in [1.165, 1.54) is 11.1 Å². The zero-order valence-corrected chi connectivity index (χ0v) is 14.9. The van der Waals surface area contributed by atoms with Crippen molar-refractivity contribution in [2.75, 3.05) is 0 Å².